The zero-order chi connectivity index (χ0) is 19.1. The molecule has 1 aromatic rings. The SMILES string of the molecule is C[C@@H](OC(=O)CSc1ccc([N+](=O)[O-])cc1)C(=O)N[C@H]1CCCC[C@@H]1C. The summed E-state index contributed by atoms with van der Waals surface area (Å²) in [5.74, 6) is -0.284. The third-order valence-electron chi connectivity index (χ3n) is 4.52. The molecule has 7 nitrogen and oxygen atoms in total. The lowest BCUT2D eigenvalue weighted by atomic mass is 9.86. The minimum Gasteiger partial charge on any atom is -0.452 e. The topological polar surface area (TPSA) is 98.5 Å². The van der Waals surface area contributed by atoms with E-state index in [-0.39, 0.29) is 23.4 Å². The standard InChI is InChI=1S/C18H24N2O5S/c1-12-5-3-4-6-16(12)19-18(22)13(2)25-17(21)11-26-15-9-7-14(8-10-15)20(23)24/h7-10,12-13,16H,3-6,11H2,1-2H3,(H,19,22)/t12-,13+,16-/m0/s1. The number of nitro benzene ring substituents is 1. The van der Waals surface area contributed by atoms with E-state index in [0.717, 1.165) is 24.2 Å². The Kier molecular flexibility index (Phi) is 7.44. The fraction of sp³-hybridized carbons (Fsp3) is 0.556. The van der Waals surface area contributed by atoms with Crippen LogP contribution in [0.4, 0.5) is 5.69 Å². The van der Waals surface area contributed by atoms with Crippen LogP contribution < -0.4 is 5.32 Å². The van der Waals surface area contributed by atoms with Gasteiger partial charge in [-0.3, -0.25) is 19.7 Å². The number of carbonyl (C=O) groups excluding carboxylic acids is 2. The molecule has 3 atom stereocenters. The molecule has 0 spiro atoms. The zero-order valence-corrected chi connectivity index (χ0v) is 15.8. The molecule has 26 heavy (non-hydrogen) atoms. The lowest BCUT2D eigenvalue weighted by Crippen LogP contribution is -2.46. The molecule has 0 unspecified atom stereocenters. The normalized spacial score (nSPS) is 20.8. The highest BCUT2D eigenvalue weighted by Gasteiger charge is 2.26. The third-order valence-corrected chi connectivity index (χ3v) is 5.51. The van der Waals surface area contributed by atoms with Crippen molar-refractivity contribution in [2.24, 2.45) is 5.92 Å². The molecule has 1 fully saturated rings. The summed E-state index contributed by atoms with van der Waals surface area (Å²) < 4.78 is 5.19. The van der Waals surface area contributed by atoms with Gasteiger partial charge in [0, 0.05) is 23.1 Å². The van der Waals surface area contributed by atoms with Gasteiger partial charge in [0.05, 0.1) is 10.7 Å². The van der Waals surface area contributed by atoms with Crippen molar-refractivity contribution in [3.05, 3.63) is 34.4 Å². The monoisotopic (exact) mass is 380 g/mol. The molecular weight excluding hydrogens is 356 g/mol. The molecule has 0 bridgehead atoms. The van der Waals surface area contributed by atoms with E-state index in [1.807, 2.05) is 0 Å². The quantitative estimate of drug-likeness (QED) is 0.337. The van der Waals surface area contributed by atoms with E-state index in [9.17, 15) is 19.7 Å². The molecule has 2 rings (SSSR count). The second kappa shape index (κ2) is 9.56. The molecule has 1 saturated carbocycles. The van der Waals surface area contributed by atoms with E-state index in [2.05, 4.69) is 12.2 Å². The molecule has 1 aromatic carbocycles. The predicted molar refractivity (Wildman–Crippen MR) is 98.9 cm³/mol. The summed E-state index contributed by atoms with van der Waals surface area (Å²) in [6.07, 6.45) is 3.52. The van der Waals surface area contributed by atoms with E-state index in [0.29, 0.717) is 5.92 Å². The van der Waals surface area contributed by atoms with Crippen molar-refractivity contribution in [3.8, 4) is 0 Å². The lowest BCUT2D eigenvalue weighted by Gasteiger charge is -2.30. The van der Waals surface area contributed by atoms with E-state index < -0.39 is 17.0 Å². The summed E-state index contributed by atoms with van der Waals surface area (Å²) in [4.78, 5) is 35.0. The highest BCUT2D eigenvalue weighted by molar-refractivity contribution is 8.00. The van der Waals surface area contributed by atoms with Gasteiger partial charge in [-0.25, -0.2) is 0 Å². The average molecular weight is 380 g/mol. The first kappa shape index (κ1) is 20.2. The first-order valence-electron chi connectivity index (χ1n) is 8.74. The van der Waals surface area contributed by atoms with Gasteiger partial charge in [0.15, 0.2) is 6.10 Å². The number of nitrogens with one attached hydrogen (secondary N) is 1. The first-order chi connectivity index (χ1) is 12.4. The molecule has 0 aliphatic heterocycles. The molecule has 0 aromatic heterocycles. The highest BCUT2D eigenvalue weighted by atomic mass is 32.2. The molecule has 1 aliphatic rings. The Labute approximate surface area is 157 Å². The van der Waals surface area contributed by atoms with Crippen LogP contribution in [0.2, 0.25) is 0 Å². The summed E-state index contributed by atoms with van der Waals surface area (Å²) in [7, 11) is 0. The second-order valence-electron chi connectivity index (χ2n) is 6.55. The van der Waals surface area contributed by atoms with Gasteiger partial charge in [-0.05, 0) is 37.8 Å². The molecule has 0 heterocycles. The smallest absolute Gasteiger partial charge is 0.317 e. The summed E-state index contributed by atoms with van der Waals surface area (Å²) in [6.45, 7) is 3.69. The number of nitro groups is 1. The lowest BCUT2D eigenvalue weighted by molar-refractivity contribution is -0.384. The van der Waals surface area contributed by atoms with E-state index >= 15 is 0 Å². The molecule has 1 amide bonds. The minimum absolute atomic E-state index is 0.000777. The maximum Gasteiger partial charge on any atom is 0.317 e. The van der Waals surface area contributed by atoms with Crippen LogP contribution in [0.15, 0.2) is 29.2 Å². The summed E-state index contributed by atoms with van der Waals surface area (Å²) >= 11 is 1.21. The Morgan fingerprint density at radius 3 is 2.58 bits per heavy atom. The van der Waals surface area contributed by atoms with Crippen LogP contribution in [0.1, 0.15) is 39.5 Å². The number of ether oxygens (including phenoxy) is 1. The Morgan fingerprint density at radius 2 is 1.96 bits per heavy atom. The fourth-order valence-corrected chi connectivity index (χ4v) is 3.60. The highest BCUT2D eigenvalue weighted by Crippen LogP contribution is 2.24. The third kappa shape index (κ3) is 6.01. The number of rotatable bonds is 7. The molecule has 0 radical (unpaired) electrons. The number of carbonyl (C=O) groups is 2. The Balaban J connectivity index is 1.75. The van der Waals surface area contributed by atoms with Gasteiger partial charge in [-0.1, -0.05) is 19.8 Å². The van der Waals surface area contributed by atoms with Crippen molar-refractivity contribution in [2.75, 3.05) is 5.75 Å². The summed E-state index contributed by atoms with van der Waals surface area (Å²) in [6, 6.07) is 6.07. The molecule has 8 heteroatoms. The summed E-state index contributed by atoms with van der Waals surface area (Å²) in [5.41, 5.74) is -0.000777. The van der Waals surface area contributed by atoms with Crippen LogP contribution in [0, 0.1) is 16.0 Å². The number of amides is 1. The number of non-ortho nitro benzene ring substituents is 1. The first-order valence-corrected chi connectivity index (χ1v) is 9.72. The molecule has 1 aliphatic carbocycles. The molecule has 0 saturated heterocycles. The van der Waals surface area contributed by atoms with Gasteiger partial charge >= 0.3 is 5.97 Å². The maximum absolute atomic E-state index is 12.2. The van der Waals surface area contributed by atoms with Gasteiger partial charge in [0.1, 0.15) is 0 Å². The minimum atomic E-state index is -0.839. The van der Waals surface area contributed by atoms with Crippen LogP contribution in [0.5, 0.6) is 0 Å². The van der Waals surface area contributed by atoms with Crippen LogP contribution in [0.3, 0.4) is 0 Å². The Hall–Kier alpha value is -2.09. The van der Waals surface area contributed by atoms with Crippen LogP contribution in [0.25, 0.3) is 0 Å². The van der Waals surface area contributed by atoms with Crippen molar-refractivity contribution < 1.29 is 19.2 Å². The molecular formula is C18H24N2O5S. The van der Waals surface area contributed by atoms with Crippen LogP contribution in [-0.2, 0) is 14.3 Å². The van der Waals surface area contributed by atoms with E-state index in [1.54, 1.807) is 19.1 Å². The van der Waals surface area contributed by atoms with Crippen LogP contribution in [-0.4, -0.2) is 34.7 Å². The number of esters is 1. The van der Waals surface area contributed by atoms with Crippen molar-refractivity contribution in [1.29, 1.82) is 0 Å². The number of hydrogen-bond donors (Lipinski definition) is 1. The Morgan fingerprint density at radius 1 is 1.31 bits per heavy atom. The zero-order valence-electron chi connectivity index (χ0n) is 15.0. The van der Waals surface area contributed by atoms with Gasteiger partial charge in [0.2, 0.25) is 0 Å². The number of benzene rings is 1. The van der Waals surface area contributed by atoms with E-state index in [4.69, 9.17) is 4.74 Å². The molecule has 1 N–H and O–H groups in total. The van der Waals surface area contributed by atoms with Crippen molar-refractivity contribution in [2.45, 2.75) is 56.6 Å². The van der Waals surface area contributed by atoms with Gasteiger partial charge in [-0.2, -0.15) is 0 Å². The van der Waals surface area contributed by atoms with Gasteiger partial charge in [-0.15, -0.1) is 11.8 Å². The van der Waals surface area contributed by atoms with Crippen molar-refractivity contribution in [1.82, 2.24) is 5.32 Å². The van der Waals surface area contributed by atoms with Crippen molar-refractivity contribution in [3.63, 3.8) is 0 Å². The largest absolute Gasteiger partial charge is 0.452 e. The maximum atomic E-state index is 12.2. The fourth-order valence-electron chi connectivity index (χ4n) is 2.92. The summed E-state index contributed by atoms with van der Waals surface area (Å²) in [5, 5.41) is 13.6. The van der Waals surface area contributed by atoms with Crippen LogP contribution >= 0.6 is 11.8 Å². The van der Waals surface area contributed by atoms with Gasteiger partial charge < -0.3 is 10.1 Å². The average Bonchev–Trinajstić information content (AvgIpc) is 2.62. The predicted octanol–water partition coefficient (Wildman–Crippen LogP) is 3.31. The second-order valence-corrected chi connectivity index (χ2v) is 7.60. The molecule has 142 valence electrons. The van der Waals surface area contributed by atoms with Crippen molar-refractivity contribution >= 4 is 29.3 Å². The Bertz CT molecular complexity index is 649. The van der Waals surface area contributed by atoms with Gasteiger partial charge in [0.25, 0.3) is 11.6 Å². The number of nitrogens with zero attached hydrogens (tertiary/aromatic N) is 1. The number of thioether (sulfide) groups is 1. The van der Waals surface area contributed by atoms with E-state index in [1.165, 1.54) is 30.3 Å². The number of hydrogen-bond acceptors (Lipinski definition) is 6.